The van der Waals surface area contributed by atoms with Gasteiger partial charge in [0.1, 0.15) is 30.1 Å². The van der Waals surface area contributed by atoms with Crippen molar-refractivity contribution >= 4 is 23.8 Å². The van der Waals surface area contributed by atoms with Gasteiger partial charge in [-0.25, -0.2) is 0 Å². The maximum absolute atomic E-state index is 11.5. The number of fused-ring (bicyclic) bond motifs is 2. The van der Waals surface area contributed by atoms with Crippen LogP contribution in [0.2, 0.25) is 0 Å². The Morgan fingerprint density at radius 1 is 1.06 bits per heavy atom. The standard InChI is InChI=1S/C38H49NO7S/c1-4-20-43-38-35(47-6-3)24-33(39-44-5-2)31-22-27(13-7-9-18-40)30(15-8-10-19-41)36(37(31)38)32-23-29(16-17-34(32)46-38)45-28-14-11-12-26(21-28)25-42/h4,11-12,14,16-17,21-23,25,27,30,35-37,40-41H,1,5-10,13,15,18-20,24H2,2-3H3/t27-,30+,35-,36+,37+,38+/m0/s1. The molecule has 47 heavy (non-hydrogen) atoms. The molecule has 3 aliphatic rings. The number of carbonyl (C=O) groups is 1. The fourth-order valence-electron chi connectivity index (χ4n) is 7.67. The van der Waals surface area contributed by atoms with Crippen molar-refractivity contribution in [2.45, 2.75) is 75.7 Å². The van der Waals surface area contributed by atoms with Crippen molar-refractivity contribution in [2.24, 2.45) is 22.9 Å². The third-order valence-electron chi connectivity index (χ3n) is 9.52. The molecular weight excluding hydrogens is 614 g/mol. The number of hydrogen-bond acceptors (Lipinski definition) is 9. The average Bonchev–Trinajstić information content (AvgIpc) is 3.09. The van der Waals surface area contributed by atoms with Crippen molar-refractivity contribution in [2.75, 3.05) is 32.2 Å². The number of unbranched alkanes of at least 4 members (excludes halogenated alkanes) is 2. The summed E-state index contributed by atoms with van der Waals surface area (Å²) >= 11 is 1.82. The van der Waals surface area contributed by atoms with E-state index in [2.05, 4.69) is 25.6 Å². The molecule has 0 saturated heterocycles. The molecule has 1 saturated carbocycles. The minimum atomic E-state index is -0.963. The van der Waals surface area contributed by atoms with E-state index in [0.29, 0.717) is 36.7 Å². The first-order chi connectivity index (χ1) is 23.0. The highest BCUT2D eigenvalue weighted by Crippen LogP contribution is 2.62. The molecule has 0 bridgehead atoms. The summed E-state index contributed by atoms with van der Waals surface area (Å²) in [5.74, 6) is 2.21. The van der Waals surface area contributed by atoms with Crippen LogP contribution in [0, 0.1) is 17.8 Å². The topological polar surface area (TPSA) is 107 Å². The number of benzene rings is 2. The number of nitrogens with zero attached hydrogens (tertiary/aromatic N) is 1. The molecule has 0 unspecified atom stereocenters. The molecule has 9 heteroatoms. The van der Waals surface area contributed by atoms with Gasteiger partial charge in [-0.05, 0) is 86.1 Å². The van der Waals surface area contributed by atoms with Crippen molar-refractivity contribution in [3.05, 3.63) is 77.9 Å². The molecule has 1 fully saturated rings. The van der Waals surface area contributed by atoms with Gasteiger partial charge in [-0.1, -0.05) is 49.2 Å². The monoisotopic (exact) mass is 663 g/mol. The lowest BCUT2D eigenvalue weighted by Gasteiger charge is -2.58. The molecule has 1 aliphatic heterocycles. The molecule has 0 radical (unpaired) electrons. The zero-order valence-corrected chi connectivity index (χ0v) is 28.5. The molecule has 1 heterocycles. The maximum atomic E-state index is 11.5. The third-order valence-corrected chi connectivity index (χ3v) is 10.8. The van der Waals surface area contributed by atoms with Crippen molar-refractivity contribution < 1.29 is 34.1 Å². The largest absolute Gasteiger partial charge is 0.460 e. The number of allylic oxidation sites excluding steroid dienone is 1. The predicted molar refractivity (Wildman–Crippen MR) is 187 cm³/mol. The summed E-state index contributed by atoms with van der Waals surface area (Å²) in [6, 6.07) is 13.1. The summed E-state index contributed by atoms with van der Waals surface area (Å²) < 4.78 is 20.3. The SMILES string of the molecule is C=CCO[C@@]12Oc3ccc(Oc4cccc(C=O)c4)cc3[C@H]3[C@H](CCCCO)[C@@H](CCCCO)C=C(C(=NOCC)C[C@@H]1SCC)[C@H]32. The van der Waals surface area contributed by atoms with Gasteiger partial charge in [0.2, 0.25) is 5.79 Å². The molecule has 0 spiro atoms. The summed E-state index contributed by atoms with van der Waals surface area (Å²) in [5, 5.41) is 24.1. The fraction of sp³-hybridized carbons (Fsp3) is 0.526. The number of rotatable bonds is 18. The number of oxime groups is 1. The van der Waals surface area contributed by atoms with E-state index in [1.165, 1.54) is 0 Å². The molecular formula is C38H49NO7S. The van der Waals surface area contributed by atoms with Crippen molar-refractivity contribution in [3.63, 3.8) is 0 Å². The Balaban J connectivity index is 1.70. The van der Waals surface area contributed by atoms with Gasteiger partial charge in [0, 0.05) is 36.7 Å². The molecule has 0 amide bonds. The van der Waals surface area contributed by atoms with Gasteiger partial charge in [-0.3, -0.25) is 4.79 Å². The number of hydrogen-bond donors (Lipinski definition) is 2. The molecule has 2 aromatic rings. The molecule has 5 rings (SSSR count). The summed E-state index contributed by atoms with van der Waals surface area (Å²) in [6.45, 7) is 9.22. The summed E-state index contributed by atoms with van der Waals surface area (Å²) in [7, 11) is 0. The van der Waals surface area contributed by atoms with Gasteiger partial charge in [0.15, 0.2) is 0 Å². The fourth-order valence-corrected chi connectivity index (χ4v) is 8.84. The van der Waals surface area contributed by atoms with E-state index in [1.54, 1.807) is 18.2 Å². The molecule has 2 N–H and O–H groups in total. The smallest absolute Gasteiger partial charge is 0.230 e. The van der Waals surface area contributed by atoms with Crippen LogP contribution in [0.1, 0.15) is 80.6 Å². The van der Waals surface area contributed by atoms with Gasteiger partial charge in [-0.2, -0.15) is 11.8 Å². The van der Waals surface area contributed by atoms with Crippen LogP contribution in [0.4, 0.5) is 0 Å². The van der Waals surface area contributed by atoms with Gasteiger partial charge >= 0.3 is 0 Å². The van der Waals surface area contributed by atoms with Gasteiger partial charge in [0.25, 0.3) is 0 Å². The summed E-state index contributed by atoms with van der Waals surface area (Å²) in [4.78, 5) is 17.2. The number of ether oxygens (including phenoxy) is 3. The minimum absolute atomic E-state index is 0.00155. The normalized spacial score (nSPS) is 26.9. The van der Waals surface area contributed by atoms with Crippen LogP contribution < -0.4 is 9.47 Å². The highest BCUT2D eigenvalue weighted by atomic mass is 32.2. The van der Waals surface area contributed by atoms with Gasteiger partial charge in [-0.15, -0.1) is 6.58 Å². The number of aldehydes is 1. The van der Waals surface area contributed by atoms with E-state index in [9.17, 15) is 15.0 Å². The molecule has 2 aromatic carbocycles. The molecule has 8 nitrogen and oxygen atoms in total. The Labute approximate surface area is 283 Å². The summed E-state index contributed by atoms with van der Waals surface area (Å²) in [5.41, 5.74) is 3.66. The molecule has 254 valence electrons. The first kappa shape index (κ1) is 35.2. The van der Waals surface area contributed by atoms with Crippen molar-refractivity contribution in [1.29, 1.82) is 0 Å². The lowest BCUT2D eigenvalue weighted by molar-refractivity contribution is -0.223. The Morgan fingerprint density at radius 2 is 1.85 bits per heavy atom. The van der Waals surface area contributed by atoms with Crippen molar-refractivity contribution in [3.8, 4) is 17.2 Å². The Bertz CT molecular complexity index is 1430. The van der Waals surface area contributed by atoms with E-state index in [1.807, 2.05) is 43.0 Å². The zero-order chi connectivity index (χ0) is 33.2. The van der Waals surface area contributed by atoms with Gasteiger partial charge < -0.3 is 29.3 Å². The third kappa shape index (κ3) is 7.64. The second-order valence-corrected chi connectivity index (χ2v) is 13.9. The highest BCUT2D eigenvalue weighted by molar-refractivity contribution is 8.00. The predicted octanol–water partition coefficient (Wildman–Crippen LogP) is 7.70. The van der Waals surface area contributed by atoms with E-state index in [4.69, 9.17) is 24.2 Å². The van der Waals surface area contributed by atoms with E-state index < -0.39 is 5.79 Å². The van der Waals surface area contributed by atoms with Crippen LogP contribution in [-0.2, 0) is 9.57 Å². The van der Waals surface area contributed by atoms with Crippen LogP contribution in [-0.4, -0.2) is 65.4 Å². The lowest BCUT2D eigenvalue weighted by atomic mass is 9.56. The van der Waals surface area contributed by atoms with Crippen LogP contribution in [0.15, 0.2) is 71.9 Å². The van der Waals surface area contributed by atoms with Crippen molar-refractivity contribution in [1.82, 2.24) is 0 Å². The van der Waals surface area contributed by atoms with E-state index in [-0.39, 0.29) is 42.1 Å². The van der Waals surface area contributed by atoms with Crippen LogP contribution >= 0.6 is 11.8 Å². The first-order valence-electron chi connectivity index (χ1n) is 17.1. The Morgan fingerprint density at radius 3 is 2.57 bits per heavy atom. The lowest BCUT2D eigenvalue weighted by Crippen LogP contribution is -2.64. The highest BCUT2D eigenvalue weighted by Gasteiger charge is 2.63. The molecule has 0 aromatic heterocycles. The van der Waals surface area contributed by atoms with Crippen LogP contribution in [0.25, 0.3) is 0 Å². The maximum Gasteiger partial charge on any atom is 0.230 e. The second-order valence-electron chi connectivity index (χ2n) is 12.4. The number of aliphatic hydroxyl groups is 2. The average molecular weight is 664 g/mol. The molecule has 6 atom stereocenters. The first-order valence-corrected chi connectivity index (χ1v) is 18.1. The Hall–Kier alpha value is -3.11. The summed E-state index contributed by atoms with van der Waals surface area (Å²) in [6.07, 6.45) is 10.8. The minimum Gasteiger partial charge on any atom is -0.460 e. The Kier molecular flexibility index (Phi) is 12.6. The van der Waals surface area contributed by atoms with E-state index in [0.717, 1.165) is 73.2 Å². The number of carbonyl (C=O) groups excluding carboxylic acids is 1. The second kappa shape index (κ2) is 16.8. The van der Waals surface area contributed by atoms with Gasteiger partial charge in [0.05, 0.1) is 23.5 Å². The quantitative estimate of drug-likeness (QED) is 0.0724. The number of aliphatic hydroxyl groups excluding tert-OH is 2. The zero-order valence-electron chi connectivity index (χ0n) is 27.6. The van der Waals surface area contributed by atoms with Crippen LogP contribution in [0.5, 0.6) is 17.2 Å². The van der Waals surface area contributed by atoms with E-state index >= 15 is 0 Å². The number of thioether (sulfide) groups is 1. The van der Waals surface area contributed by atoms with Crippen LogP contribution in [0.3, 0.4) is 0 Å². The molecule has 2 aliphatic carbocycles.